The fourth-order valence-corrected chi connectivity index (χ4v) is 8.25. The Morgan fingerprint density at radius 3 is 1.96 bits per heavy atom. The number of para-hydroxylation sites is 2. The van der Waals surface area contributed by atoms with Gasteiger partial charge in [0.1, 0.15) is 0 Å². The Morgan fingerprint density at radius 2 is 1.38 bits per heavy atom. The van der Waals surface area contributed by atoms with Crippen molar-refractivity contribution in [1.29, 1.82) is 0 Å². The maximum Gasteiger partial charge on any atom is 0.0456 e. The van der Waals surface area contributed by atoms with E-state index in [2.05, 4.69) is 117 Å². The van der Waals surface area contributed by atoms with Gasteiger partial charge in [0.2, 0.25) is 0 Å². The Kier molecular flexibility index (Phi) is 15.6. The molecule has 6 unspecified atom stereocenters. The van der Waals surface area contributed by atoms with Crippen molar-refractivity contribution in [2.24, 2.45) is 35.3 Å². The lowest BCUT2D eigenvalue weighted by molar-refractivity contribution is 0.0761. The second-order valence-electron chi connectivity index (χ2n) is 14.7. The highest BCUT2D eigenvalue weighted by molar-refractivity contribution is 5.83. The lowest BCUT2D eigenvalue weighted by Crippen LogP contribution is -2.47. The topological polar surface area (TPSA) is 60.8 Å². The molecule has 6 rings (SSSR count). The first-order valence-electron chi connectivity index (χ1n) is 19.2. The van der Waals surface area contributed by atoms with E-state index in [1.54, 1.807) is 0 Å². The molecule has 48 heavy (non-hydrogen) atoms. The molecule has 1 aliphatic carbocycles. The summed E-state index contributed by atoms with van der Waals surface area (Å²) in [6.07, 6.45) is 23.0. The smallest absolute Gasteiger partial charge is 0.0456 e. The third-order valence-corrected chi connectivity index (χ3v) is 11.4. The molecule has 4 aromatic rings. The van der Waals surface area contributed by atoms with Gasteiger partial charge in [0.05, 0.1) is 0 Å². The zero-order valence-electron chi connectivity index (χ0n) is 30.7. The van der Waals surface area contributed by atoms with Gasteiger partial charge in [-0.05, 0) is 111 Å². The molecule has 6 atom stereocenters. The number of H-pyrrole nitrogens is 2. The standard InChI is InChI=1S/C22H32N2.C12H22.C10H12N2/c1-4-6-9-19-14-18(5-2)16-24(17(19)3)13-12-20-15-23-22-11-8-7-10-21(20)22;1-4-6-12-9-11(5-2)8-7-10(12)3;11-6-5-8-7-12-10-4-2-1-3-9(8)10/h5,7-8,10-11,15,17-19,23H,2,4,6,9,12-14,16H2,1,3H3;5,10-12H,2,4,6-9H2,1,3H3;1-4,7,12H,5-6,11H2. The molecule has 0 radical (unpaired) electrons. The maximum atomic E-state index is 5.50. The first-order chi connectivity index (χ1) is 23.4. The van der Waals surface area contributed by atoms with Crippen LogP contribution in [0, 0.1) is 29.6 Å². The molecule has 262 valence electrons. The molecule has 4 N–H and O–H groups in total. The third-order valence-electron chi connectivity index (χ3n) is 11.4. The minimum Gasteiger partial charge on any atom is -0.361 e. The Bertz CT molecular complexity index is 1500. The van der Waals surface area contributed by atoms with E-state index in [-0.39, 0.29) is 0 Å². The van der Waals surface area contributed by atoms with Crippen molar-refractivity contribution in [2.75, 3.05) is 19.6 Å². The highest BCUT2D eigenvalue weighted by Gasteiger charge is 2.31. The van der Waals surface area contributed by atoms with Gasteiger partial charge in [-0.2, -0.15) is 0 Å². The van der Waals surface area contributed by atoms with Gasteiger partial charge in [0.15, 0.2) is 0 Å². The van der Waals surface area contributed by atoms with E-state index in [1.165, 1.54) is 97.3 Å². The van der Waals surface area contributed by atoms with Crippen LogP contribution in [-0.4, -0.2) is 40.5 Å². The van der Waals surface area contributed by atoms with Crippen LogP contribution in [0.15, 0.2) is 86.2 Å². The highest BCUT2D eigenvalue weighted by Crippen LogP contribution is 2.36. The van der Waals surface area contributed by atoms with E-state index < -0.39 is 0 Å². The number of benzene rings is 2. The largest absolute Gasteiger partial charge is 0.361 e. The molecule has 0 spiro atoms. The van der Waals surface area contributed by atoms with Crippen LogP contribution in [0.2, 0.25) is 0 Å². The predicted octanol–water partition coefficient (Wildman–Crippen LogP) is 11.1. The van der Waals surface area contributed by atoms with Crippen molar-refractivity contribution in [3.05, 3.63) is 97.4 Å². The number of piperidine rings is 1. The number of nitrogens with one attached hydrogen (secondary N) is 2. The second-order valence-corrected chi connectivity index (χ2v) is 14.7. The average molecular weight is 651 g/mol. The lowest BCUT2D eigenvalue weighted by Gasteiger charge is -2.43. The van der Waals surface area contributed by atoms with Crippen LogP contribution in [0.1, 0.15) is 96.6 Å². The first-order valence-corrected chi connectivity index (χ1v) is 19.2. The van der Waals surface area contributed by atoms with E-state index in [4.69, 9.17) is 5.73 Å². The number of aromatic nitrogens is 2. The number of unbranched alkanes of at least 4 members (excludes halogenated alkanes) is 1. The Hall–Kier alpha value is -3.08. The zero-order chi connectivity index (χ0) is 34.3. The minimum atomic E-state index is 0.658. The second kappa shape index (κ2) is 19.8. The monoisotopic (exact) mass is 651 g/mol. The quantitative estimate of drug-likeness (QED) is 0.134. The van der Waals surface area contributed by atoms with Crippen molar-refractivity contribution < 1.29 is 0 Å². The van der Waals surface area contributed by atoms with Crippen LogP contribution in [0.5, 0.6) is 0 Å². The van der Waals surface area contributed by atoms with Crippen LogP contribution in [-0.2, 0) is 12.8 Å². The number of likely N-dealkylation sites (tertiary alicyclic amines) is 1. The van der Waals surface area contributed by atoms with Gasteiger partial charge in [-0.3, -0.25) is 4.90 Å². The summed E-state index contributed by atoms with van der Waals surface area (Å²) in [4.78, 5) is 9.33. The molecule has 3 heterocycles. The van der Waals surface area contributed by atoms with Crippen LogP contribution in [0.4, 0.5) is 0 Å². The minimum absolute atomic E-state index is 0.658. The molecule has 1 aliphatic heterocycles. The molecule has 1 saturated carbocycles. The summed E-state index contributed by atoms with van der Waals surface area (Å²) in [6.45, 7) is 20.5. The Morgan fingerprint density at radius 1 is 0.771 bits per heavy atom. The summed E-state index contributed by atoms with van der Waals surface area (Å²) in [6, 6.07) is 17.6. The number of aromatic amines is 2. The molecular formula is C44H66N4. The molecule has 4 nitrogen and oxygen atoms in total. The number of hydrogen-bond donors (Lipinski definition) is 3. The molecule has 2 aromatic carbocycles. The van der Waals surface area contributed by atoms with Gasteiger partial charge >= 0.3 is 0 Å². The van der Waals surface area contributed by atoms with Gasteiger partial charge in [-0.25, -0.2) is 0 Å². The van der Waals surface area contributed by atoms with Gasteiger partial charge in [-0.15, -0.1) is 13.2 Å². The fourth-order valence-electron chi connectivity index (χ4n) is 8.25. The summed E-state index contributed by atoms with van der Waals surface area (Å²) in [7, 11) is 0. The van der Waals surface area contributed by atoms with Crippen LogP contribution in [0.25, 0.3) is 21.8 Å². The Labute approximate surface area is 292 Å². The van der Waals surface area contributed by atoms with Crippen molar-refractivity contribution in [1.82, 2.24) is 14.9 Å². The summed E-state index contributed by atoms with van der Waals surface area (Å²) in [5.41, 5.74) is 10.7. The van der Waals surface area contributed by atoms with Gasteiger partial charge < -0.3 is 15.7 Å². The summed E-state index contributed by atoms with van der Waals surface area (Å²) in [5.74, 6) is 4.24. The number of fused-ring (bicyclic) bond motifs is 2. The number of nitrogens with two attached hydrogens (primary N) is 1. The summed E-state index contributed by atoms with van der Waals surface area (Å²) < 4.78 is 0. The fraction of sp³-hybridized carbons (Fsp3) is 0.545. The maximum absolute atomic E-state index is 5.50. The molecule has 0 bridgehead atoms. The predicted molar refractivity (Wildman–Crippen MR) is 211 cm³/mol. The number of rotatable bonds is 12. The first kappa shape index (κ1) is 37.7. The van der Waals surface area contributed by atoms with Crippen LogP contribution >= 0.6 is 0 Å². The van der Waals surface area contributed by atoms with E-state index in [0.29, 0.717) is 18.5 Å². The lowest BCUT2D eigenvalue weighted by atomic mass is 9.73. The molecule has 2 aromatic heterocycles. The zero-order valence-corrected chi connectivity index (χ0v) is 30.7. The Balaban J connectivity index is 0.000000181. The normalized spacial score (nSPS) is 24.4. The van der Waals surface area contributed by atoms with Crippen LogP contribution in [0.3, 0.4) is 0 Å². The van der Waals surface area contributed by atoms with E-state index in [9.17, 15) is 0 Å². The summed E-state index contributed by atoms with van der Waals surface area (Å²) >= 11 is 0. The number of hydrogen-bond acceptors (Lipinski definition) is 2. The van der Waals surface area contributed by atoms with Crippen molar-refractivity contribution >= 4 is 21.8 Å². The molecule has 2 fully saturated rings. The number of nitrogens with zero attached hydrogens (tertiary/aromatic N) is 1. The van der Waals surface area contributed by atoms with Crippen LogP contribution < -0.4 is 5.73 Å². The summed E-state index contributed by atoms with van der Waals surface area (Å²) in [5, 5.41) is 2.67. The third kappa shape index (κ3) is 10.5. The SMILES string of the molecule is C=CC1CC(CCCC)C(C)N(CCc2c[nH]c3ccccc23)C1.C=CC1CCC(C)C(CCC)C1.NCCc1c[nH]c2ccccc12. The molecule has 0 amide bonds. The molecule has 2 aliphatic rings. The highest BCUT2D eigenvalue weighted by atomic mass is 15.2. The average Bonchev–Trinajstić information content (AvgIpc) is 3.73. The van der Waals surface area contributed by atoms with Gasteiger partial charge in [0.25, 0.3) is 0 Å². The van der Waals surface area contributed by atoms with E-state index >= 15 is 0 Å². The molecular weight excluding hydrogens is 585 g/mol. The van der Waals surface area contributed by atoms with E-state index in [1.807, 2.05) is 12.3 Å². The van der Waals surface area contributed by atoms with Crippen molar-refractivity contribution in [3.8, 4) is 0 Å². The van der Waals surface area contributed by atoms with Crippen molar-refractivity contribution in [2.45, 2.75) is 104 Å². The number of allylic oxidation sites excluding steroid dienone is 1. The van der Waals surface area contributed by atoms with Gasteiger partial charge in [-0.1, -0.05) is 95.0 Å². The van der Waals surface area contributed by atoms with E-state index in [0.717, 1.165) is 43.1 Å². The van der Waals surface area contributed by atoms with Crippen molar-refractivity contribution in [3.63, 3.8) is 0 Å². The molecule has 4 heteroatoms. The van der Waals surface area contributed by atoms with Gasteiger partial charge in [0, 0.05) is 53.3 Å². The molecule has 1 saturated heterocycles.